The number of pyridine rings is 1. The Labute approximate surface area is 172 Å². The summed E-state index contributed by atoms with van der Waals surface area (Å²) in [6, 6.07) is 1.72. The van der Waals surface area contributed by atoms with E-state index in [4.69, 9.17) is 30.5 Å². The number of thioether (sulfide) groups is 1. The van der Waals surface area contributed by atoms with Crippen LogP contribution in [0.1, 0.15) is 27.7 Å². The third-order valence-electron chi connectivity index (χ3n) is 4.02. The Morgan fingerprint density at radius 2 is 2.04 bits per heavy atom. The van der Waals surface area contributed by atoms with Crippen LogP contribution in [0.2, 0.25) is 5.02 Å². The van der Waals surface area contributed by atoms with Crippen LogP contribution in [0.4, 0.5) is 0 Å². The number of carbonyl (C=O) groups is 2. The third-order valence-corrected chi connectivity index (χ3v) is 5.33. The van der Waals surface area contributed by atoms with Crippen molar-refractivity contribution in [1.82, 2.24) is 4.98 Å². The van der Waals surface area contributed by atoms with Crippen LogP contribution >= 0.6 is 23.4 Å². The van der Waals surface area contributed by atoms with E-state index in [1.54, 1.807) is 12.3 Å². The fourth-order valence-corrected chi connectivity index (χ4v) is 4.37. The van der Waals surface area contributed by atoms with Gasteiger partial charge in [0, 0.05) is 37.1 Å². The molecule has 10 heteroatoms. The maximum absolute atomic E-state index is 11.7. The van der Waals surface area contributed by atoms with Crippen LogP contribution < -0.4 is 0 Å². The molecule has 1 saturated heterocycles. The zero-order valence-corrected chi connectivity index (χ0v) is 17.6. The zero-order chi connectivity index (χ0) is 20.8. The van der Waals surface area contributed by atoms with Crippen LogP contribution in [0.15, 0.2) is 23.4 Å². The molecule has 0 aliphatic carbocycles. The Morgan fingerprint density at radius 1 is 1.32 bits per heavy atom. The van der Waals surface area contributed by atoms with E-state index in [2.05, 4.69) is 4.98 Å². The van der Waals surface area contributed by atoms with Gasteiger partial charge in [-0.2, -0.15) is 0 Å². The molecule has 1 aromatic heterocycles. The normalized spacial score (nSPS) is 28.4. The lowest BCUT2D eigenvalue weighted by Crippen LogP contribution is -2.56. The van der Waals surface area contributed by atoms with E-state index in [0.29, 0.717) is 5.02 Å². The summed E-state index contributed by atoms with van der Waals surface area (Å²) in [5, 5.41) is 10.2. The van der Waals surface area contributed by atoms with Crippen molar-refractivity contribution >= 4 is 35.3 Å². The molecule has 0 spiro atoms. The number of carbonyl (C=O) groups excluding carboxylic acids is 2. The standard InChI is InChI=1S/C18H24ClNO7S/c1-9-16(25-11(3)22)15(8-24-10(2)21)27-18(17(9)26-12(4)23)28-14-5-13(19)6-20-7-14/h5-7,9,11,15-18,22H,8H2,1-4H3/t9?,11?,15?,16-,17?,18-/m1/s1. The van der Waals surface area contributed by atoms with E-state index in [-0.39, 0.29) is 12.5 Å². The molecule has 28 heavy (non-hydrogen) atoms. The van der Waals surface area contributed by atoms with Crippen molar-refractivity contribution in [3.05, 3.63) is 23.5 Å². The summed E-state index contributed by atoms with van der Waals surface area (Å²) in [6.45, 7) is 5.84. The summed E-state index contributed by atoms with van der Waals surface area (Å²) in [4.78, 5) is 27.7. The SMILES string of the molecule is CC(=O)OCC1O[C@H](Sc2cncc(Cl)c2)C(OC(C)=O)C(C)[C@H]1OC(C)O. The van der Waals surface area contributed by atoms with Gasteiger partial charge in [-0.15, -0.1) is 0 Å². The van der Waals surface area contributed by atoms with Crippen LogP contribution in [0, 0.1) is 5.92 Å². The van der Waals surface area contributed by atoms with Gasteiger partial charge in [0.25, 0.3) is 0 Å². The van der Waals surface area contributed by atoms with Gasteiger partial charge in [-0.3, -0.25) is 14.6 Å². The molecular weight excluding hydrogens is 410 g/mol. The van der Waals surface area contributed by atoms with Crippen LogP contribution in [0.25, 0.3) is 0 Å². The number of rotatable bonds is 7. The number of aliphatic hydroxyl groups is 1. The summed E-state index contributed by atoms with van der Waals surface area (Å²) in [6.07, 6.45) is 0.0710. The number of aliphatic hydroxyl groups excluding tert-OH is 1. The number of aromatic nitrogens is 1. The highest BCUT2D eigenvalue weighted by Gasteiger charge is 2.47. The number of hydrogen-bond acceptors (Lipinski definition) is 9. The lowest BCUT2D eigenvalue weighted by Gasteiger charge is -2.44. The van der Waals surface area contributed by atoms with E-state index >= 15 is 0 Å². The van der Waals surface area contributed by atoms with Gasteiger partial charge in [0.15, 0.2) is 6.29 Å². The van der Waals surface area contributed by atoms with Gasteiger partial charge < -0.3 is 24.1 Å². The molecule has 1 aliphatic heterocycles. The minimum absolute atomic E-state index is 0.0608. The molecule has 1 N–H and O–H groups in total. The molecule has 4 unspecified atom stereocenters. The first-order valence-electron chi connectivity index (χ1n) is 8.74. The van der Waals surface area contributed by atoms with Crippen molar-refractivity contribution in [2.45, 2.75) is 62.6 Å². The smallest absolute Gasteiger partial charge is 0.303 e. The highest BCUT2D eigenvalue weighted by atomic mass is 35.5. The van der Waals surface area contributed by atoms with Gasteiger partial charge >= 0.3 is 11.9 Å². The van der Waals surface area contributed by atoms with Crippen LogP contribution in [0.5, 0.6) is 0 Å². The topological polar surface area (TPSA) is 104 Å². The summed E-state index contributed by atoms with van der Waals surface area (Å²) < 4.78 is 22.3. The number of nitrogens with zero attached hydrogens (tertiary/aromatic N) is 1. The van der Waals surface area contributed by atoms with Crippen molar-refractivity contribution < 1.29 is 33.6 Å². The van der Waals surface area contributed by atoms with E-state index < -0.39 is 42.0 Å². The Hall–Kier alpha value is -1.39. The predicted molar refractivity (Wildman–Crippen MR) is 102 cm³/mol. The van der Waals surface area contributed by atoms with E-state index in [9.17, 15) is 14.7 Å². The molecule has 1 fully saturated rings. The Kier molecular flexibility index (Phi) is 8.51. The van der Waals surface area contributed by atoms with Gasteiger partial charge in [0.1, 0.15) is 24.3 Å². The fourth-order valence-electron chi connectivity index (χ4n) is 2.91. The molecule has 0 saturated carbocycles. The molecule has 6 atom stereocenters. The van der Waals surface area contributed by atoms with E-state index in [0.717, 1.165) is 4.90 Å². The van der Waals surface area contributed by atoms with Gasteiger partial charge in [0.05, 0.1) is 11.1 Å². The lowest BCUT2D eigenvalue weighted by molar-refractivity contribution is -0.243. The van der Waals surface area contributed by atoms with Crippen LogP contribution in [-0.2, 0) is 28.5 Å². The molecule has 1 aromatic rings. The van der Waals surface area contributed by atoms with Crippen molar-refractivity contribution in [3.63, 3.8) is 0 Å². The van der Waals surface area contributed by atoms with Crippen LogP contribution in [0.3, 0.4) is 0 Å². The molecule has 1 aliphatic rings. The first kappa shape index (κ1) is 22.9. The molecule has 2 rings (SSSR count). The molecular formula is C18H24ClNO7S. The molecule has 0 amide bonds. The first-order valence-corrected chi connectivity index (χ1v) is 10.00. The second kappa shape index (κ2) is 10.4. The third kappa shape index (κ3) is 6.59. The van der Waals surface area contributed by atoms with Gasteiger partial charge in [-0.05, 0) is 13.0 Å². The number of esters is 2. The fraction of sp³-hybridized carbons (Fsp3) is 0.611. The minimum Gasteiger partial charge on any atom is -0.463 e. The second-order valence-electron chi connectivity index (χ2n) is 6.44. The van der Waals surface area contributed by atoms with E-state index in [1.165, 1.54) is 38.7 Å². The average molecular weight is 434 g/mol. The molecule has 0 bridgehead atoms. The predicted octanol–water partition coefficient (Wildman–Crippen LogP) is 2.41. The van der Waals surface area contributed by atoms with Gasteiger partial charge in [0.2, 0.25) is 0 Å². The van der Waals surface area contributed by atoms with Crippen molar-refractivity contribution in [2.75, 3.05) is 6.61 Å². The summed E-state index contributed by atoms with van der Waals surface area (Å²) in [7, 11) is 0. The number of ether oxygens (including phenoxy) is 4. The van der Waals surface area contributed by atoms with Crippen molar-refractivity contribution in [3.8, 4) is 0 Å². The zero-order valence-electron chi connectivity index (χ0n) is 16.0. The average Bonchev–Trinajstić information content (AvgIpc) is 2.58. The molecule has 156 valence electrons. The van der Waals surface area contributed by atoms with Crippen molar-refractivity contribution in [1.29, 1.82) is 0 Å². The molecule has 2 heterocycles. The quantitative estimate of drug-likeness (QED) is 0.512. The summed E-state index contributed by atoms with van der Waals surface area (Å²) >= 11 is 7.28. The van der Waals surface area contributed by atoms with Crippen molar-refractivity contribution in [2.24, 2.45) is 5.92 Å². The first-order chi connectivity index (χ1) is 13.2. The lowest BCUT2D eigenvalue weighted by atomic mass is 9.91. The van der Waals surface area contributed by atoms with E-state index in [1.807, 2.05) is 6.92 Å². The maximum Gasteiger partial charge on any atom is 0.303 e. The maximum atomic E-state index is 11.7. The highest BCUT2D eigenvalue weighted by molar-refractivity contribution is 7.99. The summed E-state index contributed by atoms with van der Waals surface area (Å²) in [5.74, 6) is -1.28. The monoisotopic (exact) mass is 433 g/mol. The Bertz CT molecular complexity index is 688. The Morgan fingerprint density at radius 3 is 2.61 bits per heavy atom. The molecule has 0 aromatic carbocycles. The summed E-state index contributed by atoms with van der Waals surface area (Å²) in [5.41, 5.74) is -0.617. The second-order valence-corrected chi connectivity index (χ2v) is 8.04. The molecule has 0 radical (unpaired) electrons. The Balaban J connectivity index is 2.28. The van der Waals surface area contributed by atoms with Gasteiger partial charge in [-0.25, -0.2) is 0 Å². The highest BCUT2D eigenvalue weighted by Crippen LogP contribution is 2.39. The minimum atomic E-state index is -1.07. The van der Waals surface area contributed by atoms with Crippen LogP contribution in [-0.4, -0.2) is 58.7 Å². The largest absolute Gasteiger partial charge is 0.463 e. The molecule has 8 nitrogen and oxygen atoms in total. The van der Waals surface area contributed by atoms with Gasteiger partial charge in [-0.1, -0.05) is 30.3 Å². The number of halogens is 1. The number of hydrogen-bond donors (Lipinski definition) is 1.